The van der Waals surface area contributed by atoms with Crippen LogP contribution in [-0.2, 0) is 17.9 Å². The quantitative estimate of drug-likeness (QED) is 0.521. The summed E-state index contributed by atoms with van der Waals surface area (Å²) in [7, 11) is 0. The van der Waals surface area contributed by atoms with Gasteiger partial charge in [0.25, 0.3) is 5.91 Å². The second-order valence-electron chi connectivity index (χ2n) is 8.30. The number of amides is 1. The fraction of sp³-hybridized carbons (Fsp3) is 0.455. The maximum atomic E-state index is 13.9. The Morgan fingerprint density at radius 1 is 1.19 bits per heavy atom. The number of nitrogens with zero attached hydrogens (tertiary/aromatic N) is 7. The number of aryl methyl sites for hydroxylation is 1. The van der Waals surface area contributed by atoms with E-state index in [2.05, 4.69) is 30.4 Å². The van der Waals surface area contributed by atoms with E-state index in [0.29, 0.717) is 17.1 Å². The van der Waals surface area contributed by atoms with E-state index in [0.717, 1.165) is 12.4 Å². The zero-order valence-corrected chi connectivity index (χ0v) is 19.4. The van der Waals surface area contributed by atoms with Gasteiger partial charge >= 0.3 is 6.18 Å². The zero-order chi connectivity index (χ0) is 28.7. The van der Waals surface area contributed by atoms with Gasteiger partial charge in [0.15, 0.2) is 17.3 Å². The van der Waals surface area contributed by atoms with Gasteiger partial charge in [-0.05, 0) is 20.8 Å². The van der Waals surface area contributed by atoms with Crippen LogP contribution in [-0.4, -0.2) is 71.9 Å². The van der Waals surface area contributed by atoms with Gasteiger partial charge in [0.1, 0.15) is 0 Å². The van der Waals surface area contributed by atoms with Crippen LogP contribution in [0.5, 0.6) is 0 Å². The highest BCUT2D eigenvalue weighted by Crippen LogP contribution is 2.29. The summed E-state index contributed by atoms with van der Waals surface area (Å²) in [6.45, 7) is 2.24. The Bertz CT molecular complexity index is 1330. The minimum absolute atomic E-state index is 0.00760. The molecule has 4 heterocycles. The van der Waals surface area contributed by atoms with E-state index in [4.69, 9.17) is 8.85 Å². The van der Waals surface area contributed by atoms with Gasteiger partial charge in [0, 0.05) is 42.3 Å². The summed E-state index contributed by atoms with van der Waals surface area (Å²) in [6, 6.07) is -0.681. The van der Waals surface area contributed by atoms with Crippen molar-refractivity contribution in [1.29, 1.82) is 0 Å². The molecule has 1 amide bonds. The molecule has 1 fully saturated rings. The van der Waals surface area contributed by atoms with Crippen molar-refractivity contribution in [3.8, 4) is 11.4 Å². The molecule has 0 spiro atoms. The van der Waals surface area contributed by atoms with Crippen LogP contribution >= 0.6 is 0 Å². The smallest absolute Gasteiger partial charge is 0.372 e. The number of carbonyl (C=O) groups excluding carboxylic acids is 1. The minimum atomic E-state index is -4.59. The number of hydrogen-bond donors (Lipinski definition) is 1. The maximum absolute atomic E-state index is 13.9. The molecular formula is C22H24F4N8O2. The topological polar surface area (TPSA) is 111 Å². The monoisotopic (exact) mass is 511 g/mol. The van der Waals surface area contributed by atoms with Crippen LogP contribution in [0, 0.1) is 12.7 Å². The lowest BCUT2D eigenvalue weighted by Gasteiger charge is -2.42. The Kier molecular flexibility index (Phi) is 5.85. The molecule has 0 aromatic carbocycles. The molecule has 10 nitrogen and oxygen atoms in total. The fourth-order valence-electron chi connectivity index (χ4n) is 3.93. The number of aromatic nitrogens is 6. The number of morpholine rings is 1. The predicted octanol–water partition coefficient (Wildman–Crippen LogP) is 2.86. The average molecular weight is 511 g/mol. The third-order valence-corrected chi connectivity index (χ3v) is 5.72. The first kappa shape index (κ1) is 21.6. The van der Waals surface area contributed by atoms with Crippen molar-refractivity contribution in [2.75, 3.05) is 18.4 Å². The molecule has 0 aliphatic carbocycles. The lowest BCUT2D eigenvalue weighted by molar-refractivity contribution is -0.138. The van der Waals surface area contributed by atoms with Crippen molar-refractivity contribution < 1.29 is 31.2 Å². The maximum Gasteiger partial charge on any atom is 0.419 e. The fourth-order valence-corrected chi connectivity index (χ4v) is 3.93. The highest BCUT2D eigenvalue weighted by molar-refractivity contribution is 5.99. The molecular weight excluding hydrogens is 484 g/mol. The van der Waals surface area contributed by atoms with Crippen molar-refractivity contribution in [2.24, 2.45) is 6.98 Å². The Balaban J connectivity index is 1.68. The van der Waals surface area contributed by atoms with Crippen LogP contribution in [0.2, 0.25) is 0 Å². The van der Waals surface area contributed by atoms with Crippen LogP contribution in [0.15, 0.2) is 24.8 Å². The summed E-state index contributed by atoms with van der Waals surface area (Å²) in [4.78, 5) is 30.6. The number of nitrogens with one attached hydrogen (secondary N) is 1. The second kappa shape index (κ2) is 9.76. The Labute approximate surface area is 208 Å². The van der Waals surface area contributed by atoms with Crippen molar-refractivity contribution in [3.05, 3.63) is 47.6 Å². The molecule has 1 N–H and O–H groups in total. The van der Waals surface area contributed by atoms with Gasteiger partial charge in [0.2, 0.25) is 5.95 Å². The molecule has 0 saturated carbocycles. The molecule has 14 heteroatoms. The van der Waals surface area contributed by atoms with Gasteiger partial charge in [-0.1, -0.05) is 0 Å². The van der Waals surface area contributed by atoms with E-state index in [1.807, 2.05) is 0 Å². The summed E-state index contributed by atoms with van der Waals surface area (Å²) >= 11 is 0. The van der Waals surface area contributed by atoms with E-state index >= 15 is 0 Å². The SMILES string of the molecule is [2H]C([2H])([2H])n1nc(C(=O)N2C[C@@H](C)O[C@@H](C)[C@H]2CNc2ncc(C(F)(F)F)cn2)c(-c2ncc(F)cn2)c1C. The van der Waals surface area contributed by atoms with Crippen molar-refractivity contribution in [1.82, 2.24) is 34.6 Å². The number of carbonyl (C=O) groups is 1. The standard InChI is InChI=1S/C22H24F4N8O2/c1-11-10-34(16(13(3)36-11)9-31-21-29-5-14(6-30-21)22(24,25)26)20(35)18-17(12(2)33(4)32-18)19-27-7-15(23)8-28-19/h5-8,11,13,16H,9-10H2,1-4H3,(H,29,30,31)/t11-,13+,16-/m1/s1/i4D3. The molecule has 1 aliphatic rings. The highest BCUT2D eigenvalue weighted by atomic mass is 19.4. The summed E-state index contributed by atoms with van der Waals surface area (Å²) in [6.07, 6.45) is -2.49. The number of rotatable bonds is 5. The minimum Gasteiger partial charge on any atom is -0.372 e. The molecule has 1 aliphatic heterocycles. The lowest BCUT2D eigenvalue weighted by atomic mass is 10.0. The summed E-state index contributed by atoms with van der Waals surface area (Å²) in [5, 5.41) is 6.91. The number of alkyl halides is 3. The van der Waals surface area contributed by atoms with Crippen LogP contribution in [0.3, 0.4) is 0 Å². The van der Waals surface area contributed by atoms with Gasteiger partial charge in [-0.3, -0.25) is 9.48 Å². The summed E-state index contributed by atoms with van der Waals surface area (Å²) < 4.78 is 82.0. The summed E-state index contributed by atoms with van der Waals surface area (Å²) in [5.41, 5.74) is -1.16. The van der Waals surface area contributed by atoms with Crippen LogP contribution < -0.4 is 5.32 Å². The molecule has 4 rings (SSSR count). The van der Waals surface area contributed by atoms with Crippen LogP contribution in [0.1, 0.15) is 39.7 Å². The summed E-state index contributed by atoms with van der Waals surface area (Å²) in [5.74, 6) is -1.56. The van der Waals surface area contributed by atoms with Crippen LogP contribution in [0.25, 0.3) is 11.4 Å². The molecule has 3 aromatic rings. The largest absolute Gasteiger partial charge is 0.419 e. The van der Waals surface area contributed by atoms with Gasteiger partial charge in [-0.15, -0.1) is 0 Å². The predicted molar refractivity (Wildman–Crippen MR) is 119 cm³/mol. The first-order valence-electron chi connectivity index (χ1n) is 12.3. The number of anilines is 1. The van der Waals surface area contributed by atoms with E-state index in [1.54, 1.807) is 13.8 Å². The normalized spacial score (nSPS) is 22.0. The molecule has 0 unspecified atom stereocenters. The molecule has 0 radical (unpaired) electrons. The van der Waals surface area contributed by atoms with E-state index in [-0.39, 0.29) is 41.8 Å². The second-order valence-corrected chi connectivity index (χ2v) is 8.30. The molecule has 36 heavy (non-hydrogen) atoms. The van der Waals surface area contributed by atoms with E-state index in [9.17, 15) is 22.4 Å². The first-order chi connectivity index (χ1) is 18.2. The van der Waals surface area contributed by atoms with Gasteiger partial charge in [-0.25, -0.2) is 24.3 Å². The zero-order valence-electron chi connectivity index (χ0n) is 22.4. The van der Waals surface area contributed by atoms with Gasteiger partial charge in [-0.2, -0.15) is 18.3 Å². The van der Waals surface area contributed by atoms with E-state index < -0.39 is 48.7 Å². The average Bonchev–Trinajstić information content (AvgIpc) is 3.20. The molecule has 0 bridgehead atoms. The number of halogens is 4. The van der Waals surface area contributed by atoms with Crippen LogP contribution in [0.4, 0.5) is 23.5 Å². The Morgan fingerprint density at radius 3 is 2.47 bits per heavy atom. The molecule has 3 atom stereocenters. The third kappa shape index (κ3) is 5.12. The Morgan fingerprint density at radius 2 is 1.86 bits per heavy atom. The molecule has 1 saturated heterocycles. The van der Waals surface area contributed by atoms with E-state index in [1.165, 1.54) is 11.8 Å². The number of hydrogen-bond acceptors (Lipinski definition) is 8. The Hall–Kier alpha value is -3.68. The number of ether oxygens (including phenoxy) is 1. The van der Waals surface area contributed by atoms with Crippen molar-refractivity contribution in [3.63, 3.8) is 0 Å². The van der Waals surface area contributed by atoms with Crippen molar-refractivity contribution >= 4 is 11.9 Å². The van der Waals surface area contributed by atoms with Gasteiger partial charge < -0.3 is 15.0 Å². The molecule has 192 valence electrons. The lowest BCUT2D eigenvalue weighted by Crippen LogP contribution is -2.58. The first-order valence-corrected chi connectivity index (χ1v) is 10.8. The highest BCUT2D eigenvalue weighted by Gasteiger charge is 2.39. The molecule has 3 aromatic heterocycles. The van der Waals surface area contributed by atoms with Gasteiger partial charge in [0.05, 0.1) is 41.8 Å². The third-order valence-electron chi connectivity index (χ3n) is 5.72. The van der Waals surface area contributed by atoms with Crippen molar-refractivity contribution in [2.45, 2.75) is 45.2 Å².